The summed E-state index contributed by atoms with van der Waals surface area (Å²) < 4.78 is 25.9. The van der Waals surface area contributed by atoms with Gasteiger partial charge in [0.1, 0.15) is 0 Å². The van der Waals surface area contributed by atoms with Crippen molar-refractivity contribution >= 4 is 15.7 Å². The number of hydrogen-bond acceptors (Lipinski definition) is 4. The molecule has 0 aromatic carbocycles. The quantitative estimate of drug-likeness (QED) is 0.829. The van der Waals surface area contributed by atoms with Crippen LogP contribution in [0, 0.1) is 17.8 Å². The molecule has 2 saturated carbocycles. The summed E-state index contributed by atoms with van der Waals surface area (Å²) in [5.74, 6) is 1.70. The van der Waals surface area contributed by atoms with Crippen LogP contribution in [0.25, 0.3) is 0 Å². The minimum Gasteiger partial charge on any atom is -0.333 e. The number of hydrogen-bond donors (Lipinski definition) is 0. The molecule has 2 aliphatic carbocycles. The van der Waals surface area contributed by atoms with E-state index in [0.29, 0.717) is 12.5 Å². The first-order valence-electron chi connectivity index (χ1n) is 8.52. The van der Waals surface area contributed by atoms with Crippen LogP contribution >= 0.6 is 0 Å². The van der Waals surface area contributed by atoms with Gasteiger partial charge in [-0.2, -0.15) is 5.10 Å². The molecule has 126 valence electrons. The first-order chi connectivity index (χ1) is 11.0. The molecule has 1 aromatic heterocycles. The maximum Gasteiger partial charge on any atom is 0.226 e. The van der Waals surface area contributed by atoms with Gasteiger partial charge in [-0.05, 0) is 38.0 Å². The Morgan fingerprint density at radius 2 is 2.17 bits per heavy atom. The third-order valence-electron chi connectivity index (χ3n) is 5.46. The van der Waals surface area contributed by atoms with Crippen LogP contribution in [0.2, 0.25) is 0 Å². The highest BCUT2D eigenvalue weighted by atomic mass is 32.2. The molecule has 3 fully saturated rings. The predicted octanol–water partition coefficient (Wildman–Crippen LogP) is 1.25. The number of rotatable bonds is 4. The lowest BCUT2D eigenvalue weighted by Gasteiger charge is -2.35. The summed E-state index contributed by atoms with van der Waals surface area (Å²) in [5.41, 5.74) is 0.840. The van der Waals surface area contributed by atoms with E-state index in [9.17, 15) is 13.2 Å². The number of amides is 1. The Kier molecular flexibility index (Phi) is 3.51. The summed E-state index contributed by atoms with van der Waals surface area (Å²) in [6.07, 6.45) is 7.09. The Morgan fingerprint density at radius 1 is 1.39 bits per heavy atom. The molecule has 3 aliphatic rings. The fourth-order valence-electron chi connectivity index (χ4n) is 3.83. The van der Waals surface area contributed by atoms with Gasteiger partial charge in [0.15, 0.2) is 9.84 Å². The third-order valence-corrected chi connectivity index (χ3v) is 7.09. The van der Waals surface area contributed by atoms with Crippen LogP contribution in [0.5, 0.6) is 0 Å². The highest BCUT2D eigenvalue weighted by Gasteiger charge is 2.53. The Bertz CT molecular complexity index is 723. The average molecular weight is 337 g/mol. The molecule has 3 atom stereocenters. The van der Waals surface area contributed by atoms with Gasteiger partial charge in [-0.25, -0.2) is 8.42 Å². The van der Waals surface area contributed by atoms with Crippen LogP contribution in [0.4, 0.5) is 0 Å². The van der Waals surface area contributed by atoms with E-state index in [1.54, 1.807) is 10.9 Å². The summed E-state index contributed by atoms with van der Waals surface area (Å²) in [7, 11) is -3.10. The van der Waals surface area contributed by atoms with Crippen LogP contribution in [0.3, 0.4) is 0 Å². The van der Waals surface area contributed by atoms with Gasteiger partial charge in [0.05, 0.1) is 23.7 Å². The van der Waals surface area contributed by atoms with Crippen molar-refractivity contribution in [3.05, 3.63) is 18.0 Å². The summed E-state index contributed by atoms with van der Waals surface area (Å²) >= 11 is 0. The molecule has 1 aromatic rings. The zero-order valence-corrected chi connectivity index (χ0v) is 14.2. The first-order valence-corrected chi connectivity index (χ1v) is 10.3. The molecule has 1 saturated heterocycles. The van der Waals surface area contributed by atoms with Crippen molar-refractivity contribution < 1.29 is 13.2 Å². The molecular weight excluding hydrogens is 314 g/mol. The van der Waals surface area contributed by atoms with Gasteiger partial charge in [-0.1, -0.05) is 0 Å². The Balaban J connectivity index is 1.56. The standard InChI is InChI=1S/C16H23N3O3S/c1-2-18-9-12(8-17-18)15-10-23(21,22)6-5-19(15)16(20)14-7-13(14)11-3-4-11/h8-9,11,13-15H,2-7,10H2,1H3/t13-,14-,15-/m0/s1. The molecule has 6 nitrogen and oxygen atoms in total. The van der Waals surface area contributed by atoms with Crippen molar-refractivity contribution in [1.82, 2.24) is 14.7 Å². The monoisotopic (exact) mass is 337 g/mol. The van der Waals surface area contributed by atoms with Crippen molar-refractivity contribution in [2.24, 2.45) is 17.8 Å². The smallest absolute Gasteiger partial charge is 0.226 e. The zero-order valence-electron chi connectivity index (χ0n) is 13.4. The fraction of sp³-hybridized carbons (Fsp3) is 0.750. The van der Waals surface area contributed by atoms with E-state index in [2.05, 4.69) is 5.10 Å². The summed E-state index contributed by atoms with van der Waals surface area (Å²) in [6, 6.07) is -0.373. The first kappa shape index (κ1) is 15.2. The SMILES string of the molecule is CCn1cc([C@@H]2CS(=O)(=O)CCN2C(=O)[C@H]2C[C@H]2C2CC2)cn1. The molecule has 4 rings (SSSR count). The lowest BCUT2D eigenvalue weighted by atomic mass is 10.1. The fourth-order valence-corrected chi connectivity index (χ4v) is 5.32. The lowest BCUT2D eigenvalue weighted by molar-refractivity contribution is -0.135. The largest absolute Gasteiger partial charge is 0.333 e. The van der Waals surface area contributed by atoms with Crippen LogP contribution in [0.15, 0.2) is 12.4 Å². The van der Waals surface area contributed by atoms with Crippen molar-refractivity contribution in [1.29, 1.82) is 0 Å². The second kappa shape index (κ2) is 5.33. The van der Waals surface area contributed by atoms with Crippen LogP contribution < -0.4 is 0 Å². The Morgan fingerprint density at radius 3 is 2.83 bits per heavy atom. The van der Waals surface area contributed by atoms with E-state index in [-0.39, 0.29) is 29.4 Å². The maximum absolute atomic E-state index is 12.9. The number of aromatic nitrogens is 2. The number of aryl methyl sites for hydroxylation is 1. The summed E-state index contributed by atoms with van der Waals surface area (Å²) in [6.45, 7) is 3.04. The number of sulfone groups is 1. The van der Waals surface area contributed by atoms with Crippen molar-refractivity contribution in [2.75, 3.05) is 18.1 Å². The highest BCUT2D eigenvalue weighted by Crippen LogP contribution is 2.55. The average Bonchev–Trinajstić information content (AvgIpc) is 3.41. The normalized spacial score (nSPS) is 32.7. The highest BCUT2D eigenvalue weighted by molar-refractivity contribution is 7.91. The Labute approximate surface area is 136 Å². The molecule has 0 radical (unpaired) electrons. The van der Waals surface area contributed by atoms with E-state index in [0.717, 1.165) is 24.4 Å². The molecule has 1 aliphatic heterocycles. The summed E-state index contributed by atoms with van der Waals surface area (Å²) in [5, 5.41) is 4.25. The maximum atomic E-state index is 12.9. The molecule has 1 amide bonds. The van der Waals surface area contributed by atoms with Gasteiger partial charge < -0.3 is 4.90 Å². The molecule has 0 unspecified atom stereocenters. The minimum atomic E-state index is -3.10. The van der Waals surface area contributed by atoms with E-state index < -0.39 is 9.84 Å². The van der Waals surface area contributed by atoms with E-state index in [4.69, 9.17) is 0 Å². The van der Waals surface area contributed by atoms with Crippen molar-refractivity contribution in [3.63, 3.8) is 0 Å². The van der Waals surface area contributed by atoms with Gasteiger partial charge in [-0.3, -0.25) is 9.48 Å². The molecule has 0 spiro atoms. The van der Waals surface area contributed by atoms with E-state index >= 15 is 0 Å². The summed E-state index contributed by atoms with van der Waals surface area (Å²) in [4.78, 5) is 14.7. The van der Waals surface area contributed by atoms with E-state index in [1.807, 2.05) is 18.0 Å². The van der Waals surface area contributed by atoms with Gasteiger partial charge >= 0.3 is 0 Å². The Hall–Kier alpha value is -1.37. The van der Waals surface area contributed by atoms with Gasteiger partial charge in [0.25, 0.3) is 0 Å². The predicted molar refractivity (Wildman–Crippen MR) is 85.3 cm³/mol. The minimum absolute atomic E-state index is 0.0228. The molecule has 0 bridgehead atoms. The third kappa shape index (κ3) is 2.91. The van der Waals surface area contributed by atoms with Crippen LogP contribution in [-0.2, 0) is 21.2 Å². The van der Waals surface area contributed by atoms with Crippen molar-refractivity contribution in [3.8, 4) is 0 Å². The molecule has 23 heavy (non-hydrogen) atoms. The van der Waals surface area contributed by atoms with Crippen LogP contribution in [-0.4, -0.2) is 47.1 Å². The van der Waals surface area contributed by atoms with E-state index in [1.165, 1.54) is 12.8 Å². The van der Waals surface area contributed by atoms with Gasteiger partial charge in [0, 0.05) is 30.8 Å². The second-order valence-corrected chi connectivity index (χ2v) is 9.36. The number of nitrogens with zero attached hydrogens (tertiary/aromatic N) is 3. The number of carbonyl (C=O) groups excluding carboxylic acids is 1. The molecular formula is C16H23N3O3S. The van der Waals surface area contributed by atoms with Gasteiger partial charge in [-0.15, -0.1) is 0 Å². The second-order valence-electron chi connectivity index (χ2n) is 7.13. The molecule has 2 heterocycles. The number of carbonyl (C=O) groups is 1. The lowest BCUT2D eigenvalue weighted by Crippen LogP contribution is -2.46. The molecule has 0 N–H and O–H groups in total. The zero-order chi connectivity index (χ0) is 16.2. The van der Waals surface area contributed by atoms with Crippen molar-refractivity contribution in [2.45, 2.75) is 38.8 Å². The molecule has 7 heteroatoms. The van der Waals surface area contributed by atoms with Crippen LogP contribution in [0.1, 0.15) is 37.8 Å². The topological polar surface area (TPSA) is 72.3 Å². The van der Waals surface area contributed by atoms with Gasteiger partial charge in [0.2, 0.25) is 5.91 Å².